The topological polar surface area (TPSA) is 72.5 Å². The molecule has 1 N–H and O–H groups in total. The van der Waals surface area contributed by atoms with Crippen LogP contribution in [0.25, 0.3) is 0 Å². The van der Waals surface area contributed by atoms with Gasteiger partial charge in [0.15, 0.2) is 0 Å². The minimum Gasteiger partial charge on any atom is -0.467 e. The number of hydrogen-bond acceptors (Lipinski definition) is 4. The van der Waals surface area contributed by atoms with Crippen molar-refractivity contribution >= 4 is 29.3 Å². The molecule has 0 saturated heterocycles. The maximum atomic E-state index is 12.3. The number of esters is 1. The van der Waals surface area contributed by atoms with Crippen LogP contribution in [0.5, 0.6) is 0 Å². The van der Waals surface area contributed by atoms with Gasteiger partial charge in [-0.2, -0.15) is 0 Å². The molecule has 22 heavy (non-hydrogen) atoms. The molecule has 1 aliphatic rings. The summed E-state index contributed by atoms with van der Waals surface area (Å²) >= 11 is 5.99. The van der Waals surface area contributed by atoms with Crippen LogP contribution in [0.2, 0.25) is 5.02 Å². The zero-order chi connectivity index (χ0) is 16.1. The predicted molar refractivity (Wildman–Crippen MR) is 81.7 cm³/mol. The van der Waals surface area contributed by atoms with Gasteiger partial charge in [0.05, 0.1) is 17.7 Å². The summed E-state index contributed by atoms with van der Waals surface area (Å²) < 4.78 is 4.77. The van der Waals surface area contributed by atoms with Gasteiger partial charge in [0.1, 0.15) is 11.8 Å². The average Bonchev–Trinajstić information content (AvgIpc) is 2.52. The van der Waals surface area contributed by atoms with Crippen molar-refractivity contribution in [2.75, 3.05) is 7.11 Å². The fourth-order valence-electron chi connectivity index (χ4n) is 2.70. The second-order valence-corrected chi connectivity index (χ2v) is 5.76. The van der Waals surface area contributed by atoms with Crippen LogP contribution in [0.3, 0.4) is 0 Å². The first-order chi connectivity index (χ1) is 10.5. The molecule has 5 nitrogen and oxygen atoms in total. The van der Waals surface area contributed by atoms with Crippen LogP contribution in [-0.2, 0) is 14.3 Å². The van der Waals surface area contributed by atoms with E-state index in [4.69, 9.17) is 16.3 Å². The number of nitrogens with one attached hydrogen (secondary N) is 1. The number of hydrogen-bond donors (Lipinski definition) is 1. The van der Waals surface area contributed by atoms with Crippen molar-refractivity contribution in [3.63, 3.8) is 0 Å². The predicted octanol–water partition coefficient (Wildman–Crippen LogP) is 2.37. The molecule has 0 unspecified atom stereocenters. The second-order valence-electron chi connectivity index (χ2n) is 5.35. The van der Waals surface area contributed by atoms with E-state index in [0.717, 1.165) is 6.42 Å². The molecule has 0 radical (unpaired) electrons. The van der Waals surface area contributed by atoms with Crippen LogP contribution >= 0.6 is 11.6 Å². The highest BCUT2D eigenvalue weighted by Crippen LogP contribution is 2.25. The van der Waals surface area contributed by atoms with Crippen molar-refractivity contribution in [3.8, 4) is 0 Å². The zero-order valence-electron chi connectivity index (χ0n) is 12.3. The van der Waals surface area contributed by atoms with Gasteiger partial charge in [0.25, 0.3) is 5.91 Å². The molecule has 1 aromatic carbocycles. The number of carbonyl (C=O) groups is 3. The molecule has 1 aromatic rings. The fraction of sp³-hybridized carbons (Fsp3) is 0.438. The molecule has 118 valence electrons. The minimum atomic E-state index is -0.835. The van der Waals surface area contributed by atoms with Crippen molar-refractivity contribution in [1.82, 2.24) is 5.32 Å². The van der Waals surface area contributed by atoms with Crippen LogP contribution in [0, 0.1) is 5.92 Å². The van der Waals surface area contributed by atoms with Crippen LogP contribution < -0.4 is 5.32 Å². The number of methoxy groups -OCH3 is 1. The van der Waals surface area contributed by atoms with Gasteiger partial charge in [0.2, 0.25) is 0 Å². The first kappa shape index (κ1) is 16.5. The van der Waals surface area contributed by atoms with Gasteiger partial charge in [-0.15, -0.1) is 0 Å². The smallest absolute Gasteiger partial charge is 0.328 e. The Hall–Kier alpha value is -1.88. The summed E-state index contributed by atoms with van der Waals surface area (Å²) in [6.45, 7) is 0. The normalized spacial score (nSPS) is 19.4. The Kier molecular flexibility index (Phi) is 5.55. The third-order valence-corrected chi connectivity index (χ3v) is 4.18. The molecule has 0 heterocycles. The zero-order valence-corrected chi connectivity index (χ0v) is 13.1. The summed E-state index contributed by atoms with van der Waals surface area (Å²) in [5.74, 6) is -1.11. The molecule has 0 aliphatic heterocycles. The number of benzene rings is 1. The van der Waals surface area contributed by atoms with Gasteiger partial charge >= 0.3 is 5.97 Å². The molecule has 1 aliphatic carbocycles. The monoisotopic (exact) mass is 323 g/mol. The van der Waals surface area contributed by atoms with Crippen molar-refractivity contribution in [2.45, 2.75) is 31.7 Å². The van der Waals surface area contributed by atoms with E-state index in [1.807, 2.05) is 0 Å². The molecular weight excluding hydrogens is 306 g/mol. The second kappa shape index (κ2) is 7.40. The number of amides is 1. The fourth-order valence-corrected chi connectivity index (χ4v) is 2.92. The highest BCUT2D eigenvalue weighted by atomic mass is 35.5. The Balaban J connectivity index is 2.16. The number of carbonyl (C=O) groups excluding carboxylic acids is 3. The lowest BCUT2D eigenvalue weighted by atomic mass is 9.83. The Morgan fingerprint density at radius 2 is 2.09 bits per heavy atom. The Morgan fingerprint density at radius 3 is 2.73 bits per heavy atom. The lowest BCUT2D eigenvalue weighted by Crippen LogP contribution is -2.48. The standard InChI is InChI=1S/C16H18ClNO4/c1-22-16(21)14(10-5-4-6-11(19)9-10)18-15(20)12-7-2-3-8-13(12)17/h2-3,7-8,10,14H,4-6,9H2,1H3,(H,18,20)/t10-,14+/m0/s1. The number of rotatable bonds is 4. The van der Waals surface area contributed by atoms with Crippen molar-refractivity contribution < 1.29 is 19.1 Å². The molecular formula is C16H18ClNO4. The lowest BCUT2D eigenvalue weighted by molar-refractivity contribution is -0.145. The molecule has 2 atom stereocenters. The molecule has 6 heteroatoms. The molecule has 0 aromatic heterocycles. The SMILES string of the molecule is COC(=O)[C@H](NC(=O)c1ccccc1Cl)[C@H]1CCCC(=O)C1. The summed E-state index contributed by atoms with van der Waals surface area (Å²) in [4.78, 5) is 35.9. The van der Waals surface area contributed by atoms with Gasteiger partial charge < -0.3 is 10.1 Å². The third kappa shape index (κ3) is 3.85. The number of ether oxygens (including phenoxy) is 1. The van der Waals surface area contributed by atoms with E-state index in [2.05, 4.69) is 5.32 Å². The van der Waals surface area contributed by atoms with E-state index in [-0.39, 0.29) is 18.1 Å². The number of ketones is 1. The first-order valence-corrected chi connectivity index (χ1v) is 7.55. The van der Waals surface area contributed by atoms with Crippen molar-refractivity contribution in [1.29, 1.82) is 0 Å². The number of halogens is 1. The summed E-state index contributed by atoms with van der Waals surface area (Å²) in [7, 11) is 1.27. The lowest BCUT2D eigenvalue weighted by Gasteiger charge is -2.28. The highest BCUT2D eigenvalue weighted by molar-refractivity contribution is 6.33. The first-order valence-electron chi connectivity index (χ1n) is 7.18. The Bertz CT molecular complexity index is 587. The van der Waals surface area contributed by atoms with Gasteiger partial charge in [0, 0.05) is 12.8 Å². The summed E-state index contributed by atoms with van der Waals surface area (Å²) in [6.07, 6.45) is 2.23. The summed E-state index contributed by atoms with van der Waals surface area (Å²) in [5, 5.41) is 2.97. The van der Waals surface area contributed by atoms with Crippen LogP contribution in [0.1, 0.15) is 36.0 Å². The van der Waals surface area contributed by atoms with Crippen molar-refractivity contribution in [3.05, 3.63) is 34.9 Å². The molecule has 2 rings (SSSR count). The van der Waals surface area contributed by atoms with E-state index >= 15 is 0 Å². The van der Waals surface area contributed by atoms with Gasteiger partial charge in [-0.1, -0.05) is 23.7 Å². The van der Waals surface area contributed by atoms with Crippen LogP contribution in [-0.4, -0.2) is 30.8 Å². The molecule has 0 bridgehead atoms. The Labute approximate surface area is 134 Å². The van der Waals surface area contributed by atoms with E-state index in [1.165, 1.54) is 7.11 Å². The summed E-state index contributed by atoms with van der Waals surface area (Å²) in [5.41, 5.74) is 0.292. The van der Waals surface area contributed by atoms with E-state index in [1.54, 1.807) is 24.3 Å². The minimum absolute atomic E-state index is 0.108. The van der Waals surface area contributed by atoms with Gasteiger partial charge in [-0.3, -0.25) is 9.59 Å². The largest absolute Gasteiger partial charge is 0.467 e. The van der Waals surface area contributed by atoms with E-state index in [0.29, 0.717) is 23.4 Å². The van der Waals surface area contributed by atoms with Gasteiger partial charge in [-0.25, -0.2) is 4.79 Å². The van der Waals surface area contributed by atoms with Crippen molar-refractivity contribution in [2.24, 2.45) is 5.92 Å². The average molecular weight is 324 g/mol. The van der Waals surface area contributed by atoms with Crippen LogP contribution in [0.15, 0.2) is 24.3 Å². The highest BCUT2D eigenvalue weighted by Gasteiger charge is 2.34. The third-order valence-electron chi connectivity index (χ3n) is 3.85. The van der Waals surface area contributed by atoms with Crippen LogP contribution in [0.4, 0.5) is 0 Å². The quantitative estimate of drug-likeness (QED) is 0.863. The van der Waals surface area contributed by atoms with E-state index < -0.39 is 17.9 Å². The molecule has 0 spiro atoms. The maximum absolute atomic E-state index is 12.3. The number of Topliss-reactive ketones (excluding diaryl/α,β-unsaturated/α-hetero) is 1. The van der Waals surface area contributed by atoms with Gasteiger partial charge in [-0.05, 0) is 30.9 Å². The molecule has 1 amide bonds. The molecule has 1 saturated carbocycles. The van der Waals surface area contributed by atoms with E-state index in [9.17, 15) is 14.4 Å². The Morgan fingerprint density at radius 1 is 1.36 bits per heavy atom. The summed E-state index contributed by atoms with van der Waals surface area (Å²) in [6, 6.07) is 5.76. The maximum Gasteiger partial charge on any atom is 0.328 e. The molecule has 1 fully saturated rings.